The van der Waals surface area contributed by atoms with Gasteiger partial charge in [-0.3, -0.25) is 0 Å². The summed E-state index contributed by atoms with van der Waals surface area (Å²) >= 11 is 6.32. The Balaban J connectivity index is 1.43. The lowest BCUT2D eigenvalue weighted by Gasteiger charge is -2.22. The zero-order valence-corrected chi connectivity index (χ0v) is 27.0. The molecule has 3 aromatic carbocycles. The summed E-state index contributed by atoms with van der Waals surface area (Å²) in [6.07, 6.45) is 0.414. The number of aromatic nitrogens is 4. The van der Waals surface area contributed by atoms with Crippen LogP contribution in [0, 0.1) is 0 Å². The molecule has 0 saturated carbocycles. The standard InChI is InChI=1S/C32H32ClN9O5/c1-43-22-12-18-21(14-23(22)44-2)39-31(33)41-29(18)36-17-8-6-7-15(9-17)19-13-20(38-30-26(37-19)28(34)40-32(35)42-30)16-10-24(45-3)27(47-5)25(11-16)46-4/h6-12,14,20H,13H2,1-5H3,(H,36,39,41)(H5,34,35,38,40,42). The number of hydrogen-bond donors (Lipinski definition) is 4. The van der Waals surface area contributed by atoms with E-state index in [0.717, 1.165) is 16.8 Å². The van der Waals surface area contributed by atoms with Crippen molar-refractivity contribution < 1.29 is 23.7 Å². The Kier molecular flexibility index (Phi) is 8.59. The van der Waals surface area contributed by atoms with Crippen LogP contribution in [-0.4, -0.2) is 61.2 Å². The van der Waals surface area contributed by atoms with Crippen molar-refractivity contribution in [2.75, 3.05) is 57.6 Å². The van der Waals surface area contributed by atoms with E-state index in [-0.39, 0.29) is 23.1 Å². The maximum Gasteiger partial charge on any atom is 0.224 e. The van der Waals surface area contributed by atoms with Gasteiger partial charge >= 0.3 is 0 Å². The van der Waals surface area contributed by atoms with E-state index >= 15 is 0 Å². The fourth-order valence-corrected chi connectivity index (χ4v) is 5.59. The van der Waals surface area contributed by atoms with Crippen LogP contribution >= 0.6 is 11.6 Å². The van der Waals surface area contributed by atoms with Gasteiger partial charge in [-0.25, -0.2) is 9.98 Å². The van der Waals surface area contributed by atoms with E-state index in [9.17, 15) is 0 Å². The minimum Gasteiger partial charge on any atom is -0.493 e. The molecular formula is C32H32ClN9O5. The van der Waals surface area contributed by atoms with Gasteiger partial charge in [-0.15, -0.1) is 0 Å². The monoisotopic (exact) mass is 657 g/mol. The van der Waals surface area contributed by atoms with Crippen molar-refractivity contribution in [1.82, 2.24) is 19.9 Å². The van der Waals surface area contributed by atoms with E-state index in [0.29, 0.717) is 69.1 Å². The highest BCUT2D eigenvalue weighted by atomic mass is 35.5. The van der Waals surface area contributed by atoms with E-state index < -0.39 is 0 Å². The number of benzene rings is 3. The minimum absolute atomic E-state index is 0.0206. The molecule has 1 unspecified atom stereocenters. The summed E-state index contributed by atoms with van der Waals surface area (Å²) in [6, 6.07) is 14.7. The molecule has 2 aromatic heterocycles. The molecule has 14 nitrogen and oxygen atoms in total. The number of nitrogen functional groups attached to an aromatic ring is 2. The van der Waals surface area contributed by atoms with Crippen LogP contribution in [0.2, 0.25) is 5.28 Å². The van der Waals surface area contributed by atoms with Crippen molar-refractivity contribution in [2.24, 2.45) is 4.99 Å². The van der Waals surface area contributed by atoms with Crippen LogP contribution in [0.15, 0.2) is 53.5 Å². The first-order valence-electron chi connectivity index (χ1n) is 14.3. The van der Waals surface area contributed by atoms with Gasteiger partial charge in [0.15, 0.2) is 34.6 Å². The summed E-state index contributed by atoms with van der Waals surface area (Å²) in [5, 5.41) is 7.59. The van der Waals surface area contributed by atoms with Crippen LogP contribution < -0.4 is 45.8 Å². The van der Waals surface area contributed by atoms with Crippen molar-refractivity contribution in [1.29, 1.82) is 0 Å². The molecule has 0 spiro atoms. The molecule has 3 heterocycles. The van der Waals surface area contributed by atoms with Gasteiger partial charge in [0, 0.05) is 23.6 Å². The Bertz CT molecular complexity index is 2000. The molecular weight excluding hydrogens is 626 g/mol. The maximum absolute atomic E-state index is 6.32. The predicted octanol–water partition coefficient (Wildman–Crippen LogP) is 5.70. The van der Waals surface area contributed by atoms with Crippen LogP contribution in [0.1, 0.15) is 23.6 Å². The van der Waals surface area contributed by atoms with Crippen LogP contribution in [-0.2, 0) is 0 Å². The number of methoxy groups -OCH3 is 5. The number of rotatable bonds is 9. The summed E-state index contributed by atoms with van der Waals surface area (Å²) in [6.45, 7) is 0. The van der Waals surface area contributed by atoms with E-state index in [1.54, 1.807) is 47.7 Å². The third kappa shape index (κ3) is 6.10. The Labute approximate surface area is 275 Å². The van der Waals surface area contributed by atoms with Gasteiger partial charge in [0.05, 0.1) is 52.8 Å². The zero-order valence-electron chi connectivity index (χ0n) is 26.2. The molecule has 47 heavy (non-hydrogen) atoms. The Morgan fingerprint density at radius 1 is 0.809 bits per heavy atom. The average molecular weight is 658 g/mol. The number of aliphatic imine (C=N–C) groups is 1. The van der Waals surface area contributed by atoms with Gasteiger partial charge < -0.3 is 45.8 Å². The number of nitrogens with one attached hydrogen (secondary N) is 2. The highest BCUT2D eigenvalue weighted by Gasteiger charge is 2.27. The number of ether oxygens (including phenoxy) is 5. The molecule has 1 aliphatic rings. The number of hydrogen-bond acceptors (Lipinski definition) is 14. The lowest BCUT2D eigenvalue weighted by atomic mass is 9.96. The molecule has 5 aromatic rings. The van der Waals surface area contributed by atoms with Crippen LogP contribution in [0.4, 0.5) is 34.8 Å². The summed E-state index contributed by atoms with van der Waals surface area (Å²) in [7, 11) is 7.81. The first kappa shape index (κ1) is 31.2. The van der Waals surface area contributed by atoms with Gasteiger partial charge in [-0.1, -0.05) is 12.1 Å². The molecule has 0 saturated heterocycles. The summed E-state index contributed by atoms with van der Waals surface area (Å²) in [5.41, 5.74) is 16.3. The smallest absolute Gasteiger partial charge is 0.224 e. The molecule has 0 radical (unpaired) electrons. The first-order valence-corrected chi connectivity index (χ1v) is 14.7. The number of nitrogens with zero attached hydrogens (tertiary/aromatic N) is 5. The molecule has 1 aliphatic heterocycles. The predicted molar refractivity (Wildman–Crippen MR) is 182 cm³/mol. The molecule has 15 heteroatoms. The number of halogens is 1. The highest BCUT2D eigenvalue weighted by molar-refractivity contribution is 6.29. The van der Waals surface area contributed by atoms with Crippen molar-refractivity contribution in [3.8, 4) is 28.7 Å². The topological polar surface area (TPSA) is 186 Å². The Hall–Kier alpha value is -5.76. The van der Waals surface area contributed by atoms with Crippen molar-refractivity contribution in [3.63, 3.8) is 0 Å². The first-order chi connectivity index (χ1) is 22.7. The average Bonchev–Trinajstić information content (AvgIpc) is 3.27. The highest BCUT2D eigenvalue weighted by Crippen LogP contribution is 2.44. The molecule has 242 valence electrons. The SMILES string of the molecule is COc1cc2nc(Cl)nc(Nc3cccc(C4=Nc5c(N)nc(N)nc5NC(c5cc(OC)c(OC)c(OC)c5)C4)c3)c2cc1OC. The van der Waals surface area contributed by atoms with E-state index in [1.807, 2.05) is 36.4 Å². The molecule has 0 amide bonds. The molecule has 1 atom stereocenters. The molecule has 0 fully saturated rings. The van der Waals surface area contributed by atoms with Crippen LogP contribution in [0.3, 0.4) is 0 Å². The second-order valence-electron chi connectivity index (χ2n) is 10.4. The number of fused-ring (bicyclic) bond motifs is 2. The molecule has 6 rings (SSSR count). The van der Waals surface area contributed by atoms with Crippen molar-refractivity contribution in [3.05, 3.63) is 64.9 Å². The van der Waals surface area contributed by atoms with Gasteiger partial charge in [0.2, 0.25) is 17.0 Å². The third-order valence-electron chi connectivity index (χ3n) is 7.61. The van der Waals surface area contributed by atoms with Crippen LogP contribution in [0.5, 0.6) is 28.7 Å². The van der Waals surface area contributed by atoms with Gasteiger partial charge in [0.1, 0.15) is 11.5 Å². The minimum atomic E-state index is -0.360. The third-order valence-corrected chi connectivity index (χ3v) is 7.77. The zero-order chi connectivity index (χ0) is 33.2. The number of nitrogens with two attached hydrogens (primary N) is 2. The van der Waals surface area contributed by atoms with Gasteiger partial charge in [-0.05, 0) is 53.1 Å². The van der Waals surface area contributed by atoms with Crippen molar-refractivity contribution in [2.45, 2.75) is 12.5 Å². The summed E-state index contributed by atoms with van der Waals surface area (Å²) in [4.78, 5) is 22.4. The van der Waals surface area contributed by atoms with Gasteiger partial charge in [0.25, 0.3) is 0 Å². The lowest BCUT2D eigenvalue weighted by molar-refractivity contribution is 0.323. The van der Waals surface area contributed by atoms with Gasteiger partial charge in [-0.2, -0.15) is 15.0 Å². The normalized spacial score (nSPS) is 13.9. The van der Waals surface area contributed by atoms with Crippen molar-refractivity contribution >= 4 is 63.0 Å². The molecule has 0 bridgehead atoms. The second-order valence-corrected chi connectivity index (χ2v) is 10.7. The lowest BCUT2D eigenvalue weighted by Crippen LogP contribution is -2.16. The quantitative estimate of drug-likeness (QED) is 0.142. The second kappa shape index (κ2) is 12.9. The number of anilines is 5. The maximum atomic E-state index is 6.32. The fourth-order valence-electron chi connectivity index (χ4n) is 5.41. The largest absolute Gasteiger partial charge is 0.493 e. The fraction of sp³-hybridized carbons (Fsp3) is 0.219. The molecule has 6 N–H and O–H groups in total. The van der Waals surface area contributed by atoms with E-state index in [1.165, 1.54) is 0 Å². The summed E-state index contributed by atoms with van der Waals surface area (Å²) in [5.74, 6) is 3.57. The Morgan fingerprint density at radius 3 is 2.19 bits per heavy atom. The molecule has 0 aliphatic carbocycles. The Morgan fingerprint density at radius 2 is 1.51 bits per heavy atom. The van der Waals surface area contributed by atoms with E-state index in [4.69, 9.17) is 51.7 Å². The summed E-state index contributed by atoms with van der Waals surface area (Å²) < 4.78 is 27.7. The van der Waals surface area contributed by atoms with Crippen LogP contribution in [0.25, 0.3) is 10.9 Å². The van der Waals surface area contributed by atoms with E-state index in [2.05, 4.69) is 30.6 Å².